The predicted molar refractivity (Wildman–Crippen MR) is 127 cm³/mol. The molecule has 1 atom stereocenters. The first-order chi connectivity index (χ1) is 12.1. The number of rotatable bonds is 6. The summed E-state index contributed by atoms with van der Waals surface area (Å²) in [5, 5.41) is 6.63. The first-order valence-corrected chi connectivity index (χ1v) is 11.2. The lowest BCUT2D eigenvalue weighted by Gasteiger charge is -2.27. The molecule has 2 rings (SSSR count). The molecule has 1 fully saturated rings. The van der Waals surface area contributed by atoms with Crippen molar-refractivity contribution in [1.82, 2.24) is 15.4 Å². The Balaban J connectivity index is 0.00000364. The second-order valence-corrected chi connectivity index (χ2v) is 9.81. The lowest BCUT2D eigenvalue weighted by atomic mass is 10.1. The number of nitrogens with zero attached hydrogens (tertiary/aromatic N) is 2. The highest BCUT2D eigenvalue weighted by molar-refractivity contribution is 14.0. The van der Waals surface area contributed by atoms with E-state index in [9.17, 15) is 8.42 Å². The van der Waals surface area contributed by atoms with Crippen LogP contribution in [0.3, 0.4) is 0 Å². The van der Waals surface area contributed by atoms with Gasteiger partial charge in [0.05, 0.1) is 11.9 Å². The third-order valence-corrected chi connectivity index (χ3v) is 5.70. The molecule has 1 aromatic rings. The summed E-state index contributed by atoms with van der Waals surface area (Å²) >= 11 is 3.61. The summed E-state index contributed by atoms with van der Waals surface area (Å²) in [6.07, 6.45) is 2.17. The number of guanidine groups is 1. The summed E-state index contributed by atoms with van der Waals surface area (Å²) in [5.74, 6) is 0.673. The van der Waals surface area contributed by atoms with Crippen LogP contribution in [0, 0.1) is 0 Å². The maximum absolute atomic E-state index is 11.4. The van der Waals surface area contributed by atoms with E-state index in [2.05, 4.69) is 47.2 Å². The number of anilines is 1. The Kier molecular flexibility index (Phi) is 9.29. The van der Waals surface area contributed by atoms with E-state index < -0.39 is 15.6 Å². The standard InChI is InChI=1S/C17H28BrN5O2S.HI/c1-17(2,22-26(4,24)25)12-20-16(19-3)21-13-9-10-23(11-13)15-8-6-5-7-14(15)18;/h5-8,13,22H,9-12H2,1-4H3,(H2,19,20,21);1H. The van der Waals surface area contributed by atoms with E-state index in [0.717, 1.165) is 30.2 Å². The molecule has 10 heteroatoms. The van der Waals surface area contributed by atoms with Crippen LogP contribution < -0.4 is 20.3 Å². The summed E-state index contributed by atoms with van der Waals surface area (Å²) < 4.78 is 26.6. The third-order valence-electron chi connectivity index (χ3n) is 4.11. The van der Waals surface area contributed by atoms with E-state index >= 15 is 0 Å². The normalized spacial score (nSPS) is 18.2. The molecule has 0 saturated carbocycles. The SMILES string of the molecule is CN=C(NCC(C)(C)NS(C)(=O)=O)NC1CCN(c2ccccc2Br)C1.I. The third kappa shape index (κ3) is 8.12. The van der Waals surface area contributed by atoms with Crippen molar-refractivity contribution >= 4 is 61.6 Å². The van der Waals surface area contributed by atoms with Crippen molar-refractivity contribution in [3.8, 4) is 0 Å². The predicted octanol–water partition coefficient (Wildman–Crippen LogP) is 2.14. The van der Waals surface area contributed by atoms with Crippen molar-refractivity contribution in [3.63, 3.8) is 0 Å². The number of hydrogen-bond donors (Lipinski definition) is 3. The van der Waals surface area contributed by atoms with Crippen LogP contribution >= 0.6 is 39.9 Å². The molecule has 0 aliphatic carbocycles. The number of nitrogens with one attached hydrogen (secondary N) is 3. The van der Waals surface area contributed by atoms with E-state index in [0.29, 0.717) is 12.5 Å². The molecule has 0 amide bonds. The van der Waals surface area contributed by atoms with Crippen LogP contribution in [0.25, 0.3) is 0 Å². The minimum atomic E-state index is -3.26. The van der Waals surface area contributed by atoms with Crippen LogP contribution in [0.15, 0.2) is 33.7 Å². The summed E-state index contributed by atoms with van der Waals surface area (Å²) in [5.41, 5.74) is 0.583. The van der Waals surface area contributed by atoms with Gasteiger partial charge in [-0.25, -0.2) is 13.1 Å². The van der Waals surface area contributed by atoms with E-state index in [-0.39, 0.29) is 30.0 Å². The smallest absolute Gasteiger partial charge is 0.209 e. The Morgan fingerprint density at radius 1 is 1.37 bits per heavy atom. The quantitative estimate of drug-likeness (QED) is 0.276. The van der Waals surface area contributed by atoms with Gasteiger partial charge in [-0.05, 0) is 48.3 Å². The average molecular weight is 574 g/mol. The minimum Gasteiger partial charge on any atom is -0.368 e. The van der Waals surface area contributed by atoms with Crippen LogP contribution in [0.5, 0.6) is 0 Å². The van der Waals surface area contributed by atoms with Crippen LogP contribution in [0.4, 0.5) is 5.69 Å². The first kappa shape index (κ1) is 24.4. The second-order valence-electron chi connectivity index (χ2n) is 7.21. The minimum absolute atomic E-state index is 0. The number of halogens is 2. The van der Waals surface area contributed by atoms with Crippen molar-refractivity contribution in [2.45, 2.75) is 31.8 Å². The molecule has 0 aromatic heterocycles. The Bertz CT molecular complexity index is 757. The number of para-hydroxylation sites is 1. The molecule has 0 spiro atoms. The van der Waals surface area contributed by atoms with E-state index in [1.807, 2.05) is 32.0 Å². The molecule has 154 valence electrons. The van der Waals surface area contributed by atoms with Gasteiger partial charge < -0.3 is 15.5 Å². The van der Waals surface area contributed by atoms with Crippen LogP contribution in [0.1, 0.15) is 20.3 Å². The fourth-order valence-corrected chi connectivity index (χ4v) is 4.65. The van der Waals surface area contributed by atoms with Gasteiger partial charge in [0.15, 0.2) is 5.96 Å². The summed E-state index contributed by atoms with van der Waals surface area (Å²) in [7, 11) is -1.55. The molecule has 0 bridgehead atoms. The van der Waals surface area contributed by atoms with Crippen LogP contribution in [-0.2, 0) is 10.0 Å². The molecule has 27 heavy (non-hydrogen) atoms. The maximum Gasteiger partial charge on any atom is 0.209 e. The van der Waals surface area contributed by atoms with Gasteiger partial charge in [-0.3, -0.25) is 4.99 Å². The van der Waals surface area contributed by atoms with Crippen LogP contribution in [-0.4, -0.2) is 58.9 Å². The molecule has 0 radical (unpaired) electrons. The second kappa shape index (κ2) is 10.3. The van der Waals surface area contributed by atoms with Gasteiger partial charge in [-0.1, -0.05) is 12.1 Å². The topological polar surface area (TPSA) is 85.8 Å². The fourth-order valence-electron chi connectivity index (χ4n) is 3.04. The molecule has 1 aliphatic heterocycles. The van der Waals surface area contributed by atoms with E-state index in [1.54, 1.807) is 7.05 Å². The maximum atomic E-state index is 11.4. The zero-order valence-electron chi connectivity index (χ0n) is 16.1. The molecule has 1 aromatic carbocycles. The Morgan fingerprint density at radius 2 is 2.04 bits per heavy atom. The molecule has 3 N–H and O–H groups in total. The Morgan fingerprint density at radius 3 is 2.63 bits per heavy atom. The molecule has 1 unspecified atom stereocenters. The van der Waals surface area contributed by atoms with Gasteiger partial charge in [-0.15, -0.1) is 24.0 Å². The zero-order valence-corrected chi connectivity index (χ0v) is 20.9. The summed E-state index contributed by atoms with van der Waals surface area (Å²) in [4.78, 5) is 6.59. The highest BCUT2D eigenvalue weighted by Crippen LogP contribution is 2.28. The Hall–Kier alpha value is -0.590. The lowest BCUT2D eigenvalue weighted by Crippen LogP contribution is -2.54. The highest BCUT2D eigenvalue weighted by atomic mass is 127. The highest BCUT2D eigenvalue weighted by Gasteiger charge is 2.26. The van der Waals surface area contributed by atoms with Crippen molar-refractivity contribution < 1.29 is 8.42 Å². The van der Waals surface area contributed by atoms with Crippen molar-refractivity contribution in [2.24, 2.45) is 4.99 Å². The molecule has 1 heterocycles. The molecular formula is C17H29BrIN5O2S. The van der Waals surface area contributed by atoms with Gasteiger partial charge in [-0.2, -0.15) is 0 Å². The summed E-state index contributed by atoms with van der Waals surface area (Å²) in [6, 6.07) is 8.49. The van der Waals surface area contributed by atoms with Crippen molar-refractivity contribution in [1.29, 1.82) is 0 Å². The van der Waals surface area contributed by atoms with Crippen molar-refractivity contribution in [2.75, 3.05) is 37.8 Å². The van der Waals surface area contributed by atoms with Crippen molar-refractivity contribution in [3.05, 3.63) is 28.7 Å². The van der Waals surface area contributed by atoms with Gasteiger partial charge in [0.25, 0.3) is 0 Å². The monoisotopic (exact) mass is 573 g/mol. The first-order valence-electron chi connectivity index (χ1n) is 8.55. The number of aliphatic imine (C=N–C) groups is 1. The molecule has 1 aliphatic rings. The average Bonchev–Trinajstić information content (AvgIpc) is 2.98. The number of sulfonamides is 1. The fraction of sp³-hybridized carbons (Fsp3) is 0.588. The molecule has 7 nitrogen and oxygen atoms in total. The number of benzene rings is 1. The zero-order chi connectivity index (χ0) is 19.4. The van der Waals surface area contributed by atoms with Gasteiger partial charge in [0.1, 0.15) is 0 Å². The molecular weight excluding hydrogens is 545 g/mol. The lowest BCUT2D eigenvalue weighted by molar-refractivity contribution is 0.445. The Labute approximate surface area is 188 Å². The van der Waals surface area contributed by atoms with Gasteiger partial charge in [0, 0.05) is 42.7 Å². The van der Waals surface area contributed by atoms with Gasteiger partial charge >= 0.3 is 0 Å². The van der Waals surface area contributed by atoms with E-state index in [4.69, 9.17) is 0 Å². The number of hydrogen-bond acceptors (Lipinski definition) is 4. The van der Waals surface area contributed by atoms with Crippen LogP contribution in [0.2, 0.25) is 0 Å². The van der Waals surface area contributed by atoms with Gasteiger partial charge in [0.2, 0.25) is 10.0 Å². The summed E-state index contributed by atoms with van der Waals surface area (Å²) in [6.45, 7) is 5.95. The van der Waals surface area contributed by atoms with E-state index in [1.165, 1.54) is 5.69 Å². The largest absolute Gasteiger partial charge is 0.368 e. The molecule has 1 saturated heterocycles.